The van der Waals surface area contributed by atoms with Crippen molar-refractivity contribution in [2.24, 2.45) is 0 Å². The summed E-state index contributed by atoms with van der Waals surface area (Å²) in [6, 6.07) is 11.9. The second-order valence-corrected chi connectivity index (χ2v) is 13.8. The molecule has 0 aliphatic carbocycles. The summed E-state index contributed by atoms with van der Waals surface area (Å²) in [7, 11) is -4.27. The van der Waals surface area contributed by atoms with Crippen LogP contribution in [-0.4, -0.2) is 44.5 Å². The van der Waals surface area contributed by atoms with Gasteiger partial charge in [0.05, 0.1) is 11.5 Å². The molecular formula is C37H59NO7S. The molecule has 1 aliphatic heterocycles. The van der Waals surface area contributed by atoms with Crippen LogP contribution in [0.5, 0.6) is 0 Å². The summed E-state index contributed by atoms with van der Waals surface area (Å²) in [5.74, 6) is -0.124. The monoisotopic (exact) mass is 661 g/mol. The number of esters is 1. The van der Waals surface area contributed by atoms with Gasteiger partial charge >= 0.3 is 5.97 Å². The summed E-state index contributed by atoms with van der Waals surface area (Å²) in [6.07, 6.45) is 26.0. The second-order valence-electron chi connectivity index (χ2n) is 12.4. The van der Waals surface area contributed by atoms with Gasteiger partial charge in [-0.3, -0.25) is 4.79 Å². The van der Waals surface area contributed by atoms with Gasteiger partial charge in [-0.25, -0.2) is 13.0 Å². The number of aryl methyl sites for hydroxylation is 2. The Morgan fingerprint density at radius 3 is 1.98 bits per heavy atom. The first-order valence-electron chi connectivity index (χ1n) is 17.7. The van der Waals surface area contributed by atoms with E-state index in [1.807, 2.05) is 25.1 Å². The Kier molecular flexibility index (Phi) is 21.5. The lowest BCUT2D eigenvalue weighted by molar-refractivity contribution is -0.697. The Morgan fingerprint density at radius 1 is 0.826 bits per heavy atom. The number of hydrogen-bond donors (Lipinski definition) is 0. The maximum Gasteiger partial charge on any atom is 0.305 e. The quantitative estimate of drug-likeness (QED) is 0.0512. The van der Waals surface area contributed by atoms with Crippen molar-refractivity contribution < 1.29 is 36.5 Å². The molecule has 1 fully saturated rings. The van der Waals surface area contributed by atoms with E-state index in [4.69, 9.17) is 14.2 Å². The van der Waals surface area contributed by atoms with E-state index < -0.39 is 10.1 Å². The number of carbonyl (C=O) groups is 1. The van der Waals surface area contributed by atoms with Crippen molar-refractivity contribution in [1.29, 1.82) is 0 Å². The zero-order valence-electron chi connectivity index (χ0n) is 28.4. The molecule has 1 aliphatic rings. The van der Waals surface area contributed by atoms with Crippen LogP contribution in [0.15, 0.2) is 59.8 Å². The van der Waals surface area contributed by atoms with E-state index in [1.54, 1.807) is 12.1 Å². The average Bonchev–Trinajstić information content (AvgIpc) is 3.50. The zero-order chi connectivity index (χ0) is 33.3. The molecule has 0 saturated carbocycles. The average molecular weight is 662 g/mol. The van der Waals surface area contributed by atoms with Crippen molar-refractivity contribution in [1.82, 2.24) is 0 Å². The number of aromatic nitrogens is 1. The third-order valence-electron chi connectivity index (χ3n) is 8.17. The summed E-state index contributed by atoms with van der Waals surface area (Å²) >= 11 is 0. The Morgan fingerprint density at radius 2 is 1.39 bits per heavy atom. The molecule has 3 rings (SSSR count). The van der Waals surface area contributed by atoms with Gasteiger partial charge in [0.25, 0.3) is 0 Å². The van der Waals surface area contributed by atoms with Crippen LogP contribution in [0.3, 0.4) is 0 Å². The van der Waals surface area contributed by atoms with Crippen LogP contribution in [-0.2, 0) is 35.7 Å². The molecule has 1 saturated heterocycles. The van der Waals surface area contributed by atoms with Crippen molar-refractivity contribution >= 4 is 16.1 Å². The van der Waals surface area contributed by atoms with Crippen molar-refractivity contribution in [2.45, 2.75) is 153 Å². The fraction of sp³-hybridized carbons (Fsp3) is 0.676. The highest BCUT2D eigenvalue weighted by Crippen LogP contribution is 2.19. The Balaban J connectivity index is 0.000000562. The number of rotatable bonds is 23. The van der Waals surface area contributed by atoms with Gasteiger partial charge in [0.1, 0.15) is 29.4 Å². The highest BCUT2D eigenvalue weighted by atomic mass is 32.2. The van der Waals surface area contributed by atoms with Crippen LogP contribution >= 0.6 is 0 Å². The van der Waals surface area contributed by atoms with Gasteiger partial charge in [0.15, 0.2) is 18.7 Å². The zero-order valence-corrected chi connectivity index (χ0v) is 29.2. The fourth-order valence-corrected chi connectivity index (χ4v) is 5.83. The number of carbonyl (C=O) groups excluding carboxylic acids is 1. The molecule has 8 nitrogen and oxygen atoms in total. The standard InChI is InChI=1S/C30H52NO4.C7H8O3S/c1-2-3-4-5-6-7-8-9-10-11-12-13-17-22-30-34-27-28(35-30)26-33-29(32)21-16-14-18-23-31-24-19-15-20-25-31;1-6-2-4-7(5-3-6)11(8,9)10/h15,19-20,24-25,28,30H,2-14,16-18,21-23,26-27H2,1H3;2-5H,1H3,(H,8,9,10)/q+1;/p-1/t28-,30-;/m1./s1. The topological polar surface area (TPSA) is 106 Å². The minimum absolute atomic E-state index is 0.111. The van der Waals surface area contributed by atoms with E-state index in [9.17, 15) is 17.8 Å². The van der Waals surface area contributed by atoms with Crippen molar-refractivity contribution in [3.05, 3.63) is 60.4 Å². The Labute approximate surface area is 279 Å². The van der Waals surface area contributed by atoms with E-state index in [-0.39, 0.29) is 23.3 Å². The summed E-state index contributed by atoms with van der Waals surface area (Å²) < 4.78 is 50.4. The van der Waals surface area contributed by atoms with Crippen LogP contribution in [0.4, 0.5) is 0 Å². The number of pyridine rings is 1. The fourth-order valence-electron chi connectivity index (χ4n) is 5.36. The molecule has 0 radical (unpaired) electrons. The molecule has 0 N–H and O–H groups in total. The summed E-state index contributed by atoms with van der Waals surface area (Å²) in [6.45, 7) is 5.93. The maximum absolute atomic E-state index is 12.0. The minimum Gasteiger partial charge on any atom is -0.744 e. The predicted molar refractivity (Wildman–Crippen MR) is 180 cm³/mol. The van der Waals surface area contributed by atoms with E-state index in [0.29, 0.717) is 19.6 Å². The van der Waals surface area contributed by atoms with Crippen molar-refractivity contribution in [3.8, 4) is 0 Å². The third kappa shape index (κ3) is 20.0. The lowest BCUT2D eigenvalue weighted by Crippen LogP contribution is -2.32. The molecule has 2 heterocycles. The Bertz CT molecular complexity index is 1140. The molecule has 0 spiro atoms. The van der Waals surface area contributed by atoms with Gasteiger partial charge in [0.2, 0.25) is 0 Å². The van der Waals surface area contributed by atoms with Crippen molar-refractivity contribution in [2.75, 3.05) is 13.2 Å². The normalized spacial score (nSPS) is 16.2. The van der Waals surface area contributed by atoms with E-state index in [0.717, 1.165) is 44.2 Å². The molecule has 0 unspecified atom stereocenters. The summed E-state index contributed by atoms with van der Waals surface area (Å²) in [5, 5.41) is 0. The number of ether oxygens (including phenoxy) is 3. The van der Waals surface area contributed by atoms with E-state index in [1.165, 1.54) is 89.2 Å². The van der Waals surface area contributed by atoms with Gasteiger partial charge < -0.3 is 18.8 Å². The summed E-state index contributed by atoms with van der Waals surface area (Å²) in [4.78, 5) is 11.8. The molecular weight excluding hydrogens is 602 g/mol. The molecule has 2 aromatic rings. The molecule has 260 valence electrons. The highest BCUT2D eigenvalue weighted by Gasteiger charge is 2.26. The first-order valence-corrected chi connectivity index (χ1v) is 19.1. The van der Waals surface area contributed by atoms with E-state index >= 15 is 0 Å². The van der Waals surface area contributed by atoms with Crippen LogP contribution in [0.1, 0.15) is 128 Å². The Hall–Kier alpha value is -2.33. The molecule has 1 aromatic carbocycles. The first-order chi connectivity index (χ1) is 22.3. The van der Waals surface area contributed by atoms with E-state index in [2.05, 4.69) is 23.9 Å². The molecule has 0 bridgehead atoms. The van der Waals surface area contributed by atoms with Gasteiger partial charge in [-0.15, -0.1) is 0 Å². The largest absolute Gasteiger partial charge is 0.744 e. The molecule has 46 heavy (non-hydrogen) atoms. The smallest absolute Gasteiger partial charge is 0.305 e. The number of nitrogens with zero attached hydrogens (tertiary/aromatic N) is 1. The number of unbranched alkanes of at least 4 members (excludes halogenated alkanes) is 14. The third-order valence-corrected chi connectivity index (χ3v) is 9.02. The van der Waals surface area contributed by atoms with Crippen LogP contribution in [0.2, 0.25) is 0 Å². The highest BCUT2D eigenvalue weighted by molar-refractivity contribution is 7.85. The summed E-state index contributed by atoms with van der Waals surface area (Å²) in [5.41, 5.74) is 0.928. The lowest BCUT2D eigenvalue weighted by Gasteiger charge is -2.12. The molecule has 1 aromatic heterocycles. The number of benzene rings is 1. The van der Waals surface area contributed by atoms with Crippen molar-refractivity contribution in [3.63, 3.8) is 0 Å². The van der Waals surface area contributed by atoms with Gasteiger partial charge in [-0.2, -0.15) is 0 Å². The van der Waals surface area contributed by atoms with Gasteiger partial charge in [0, 0.05) is 25.0 Å². The van der Waals surface area contributed by atoms with Gasteiger partial charge in [-0.05, 0) is 44.7 Å². The number of hydrogen-bond acceptors (Lipinski definition) is 7. The first kappa shape index (κ1) is 39.8. The van der Waals surface area contributed by atoms with Crippen LogP contribution in [0, 0.1) is 6.92 Å². The van der Waals surface area contributed by atoms with Crippen LogP contribution in [0.25, 0.3) is 0 Å². The predicted octanol–water partition coefficient (Wildman–Crippen LogP) is 8.20. The lowest BCUT2D eigenvalue weighted by atomic mass is 10.0. The minimum atomic E-state index is -4.27. The SMILES string of the molecule is CCCCCCCCCCCCCCC[C@@H]1OC[C@@H](COC(=O)CCCCC[n+]2ccccc2)O1.Cc1ccc(S(=O)(=O)[O-])cc1. The van der Waals surface area contributed by atoms with Gasteiger partial charge in [-0.1, -0.05) is 108 Å². The van der Waals surface area contributed by atoms with Crippen LogP contribution < -0.4 is 4.57 Å². The second kappa shape index (κ2) is 24.8. The molecule has 0 amide bonds. The molecule has 2 atom stereocenters. The molecule has 9 heteroatoms. The maximum atomic E-state index is 12.0.